The monoisotopic (exact) mass is 481 g/mol. The van der Waals surface area contributed by atoms with E-state index in [9.17, 15) is 9.59 Å². The molecule has 0 saturated heterocycles. The molecule has 0 saturated carbocycles. The molecule has 1 N–H and O–H groups in total. The van der Waals surface area contributed by atoms with Crippen LogP contribution in [0.25, 0.3) is 0 Å². The third-order valence-electron chi connectivity index (χ3n) is 4.94. The number of hydrogen-bond donors (Lipinski definition) is 1. The van der Waals surface area contributed by atoms with Crippen LogP contribution < -0.4 is 5.32 Å². The molecule has 2 atom stereocenters. The molecule has 3 aliphatic heterocycles. The second-order valence-electron chi connectivity index (χ2n) is 6.50. The van der Waals surface area contributed by atoms with Crippen molar-refractivity contribution in [2.24, 2.45) is 0 Å². The Morgan fingerprint density at radius 1 is 1.08 bits per heavy atom. The van der Waals surface area contributed by atoms with E-state index in [1.54, 1.807) is 0 Å². The van der Waals surface area contributed by atoms with Crippen molar-refractivity contribution < 1.29 is 19.1 Å². The Morgan fingerprint density at radius 3 is 2.58 bits per heavy atom. The maximum absolute atomic E-state index is 12.8. The maximum Gasteiger partial charge on any atom is 0.187 e. The lowest BCUT2D eigenvalue weighted by atomic mass is 9.75. The van der Waals surface area contributed by atoms with Gasteiger partial charge in [-0.1, -0.05) is 13.0 Å². The fourth-order valence-corrected chi connectivity index (χ4v) is 4.43. The van der Waals surface area contributed by atoms with Crippen molar-refractivity contribution in [3.05, 3.63) is 55.2 Å². The molecule has 0 aromatic heterocycles. The molecule has 0 bridgehead atoms. The summed E-state index contributed by atoms with van der Waals surface area (Å²) in [6.45, 7) is 2.43. The van der Waals surface area contributed by atoms with Crippen molar-refractivity contribution in [3.8, 4) is 0 Å². The van der Waals surface area contributed by atoms with Crippen LogP contribution in [0.15, 0.2) is 49.7 Å². The van der Waals surface area contributed by atoms with E-state index >= 15 is 0 Å². The van der Waals surface area contributed by atoms with Crippen LogP contribution in [0.5, 0.6) is 0 Å². The number of Topliss-reactive ketones (excluding diaryl/α,β-unsaturated/α-hetero) is 2. The number of rotatable bonds is 2. The average molecular weight is 483 g/mol. The van der Waals surface area contributed by atoms with Crippen LogP contribution in [0.4, 0.5) is 0 Å². The molecule has 0 unspecified atom stereocenters. The van der Waals surface area contributed by atoms with Crippen molar-refractivity contribution in [1.29, 1.82) is 0 Å². The molecule has 0 aliphatic carbocycles. The van der Waals surface area contributed by atoms with Crippen LogP contribution >= 0.6 is 31.9 Å². The lowest BCUT2D eigenvalue weighted by molar-refractivity contribution is -0.124. The number of dihydropyridines is 1. The minimum Gasteiger partial charge on any atom is -0.367 e. The summed E-state index contributed by atoms with van der Waals surface area (Å²) in [5, 5.41) is 3.29. The van der Waals surface area contributed by atoms with E-state index in [2.05, 4.69) is 37.2 Å². The van der Waals surface area contributed by atoms with E-state index in [0.29, 0.717) is 17.8 Å². The molecule has 0 spiro atoms. The predicted molar refractivity (Wildman–Crippen MR) is 103 cm³/mol. The van der Waals surface area contributed by atoms with Gasteiger partial charge < -0.3 is 14.8 Å². The van der Waals surface area contributed by atoms with E-state index in [1.165, 1.54) is 0 Å². The number of nitrogens with one attached hydrogen (secondary N) is 1. The smallest absolute Gasteiger partial charge is 0.187 e. The van der Waals surface area contributed by atoms with Crippen molar-refractivity contribution in [3.63, 3.8) is 0 Å². The number of benzene rings is 1. The SMILES string of the molecule is CC[C@H]1OCC(=O)C2=C1NC1=C(C(=O)COC1)[C@H]2c1ccc(Br)c(Br)c1. The first-order valence-electron chi connectivity index (χ1n) is 8.46. The van der Waals surface area contributed by atoms with Crippen LogP contribution in [-0.4, -0.2) is 37.5 Å². The molecule has 136 valence electrons. The summed E-state index contributed by atoms with van der Waals surface area (Å²) in [4.78, 5) is 25.5. The number of hydrogen-bond acceptors (Lipinski definition) is 5. The zero-order valence-electron chi connectivity index (χ0n) is 14.1. The lowest BCUT2D eigenvalue weighted by Gasteiger charge is -2.39. The Bertz CT molecular complexity index is 874. The Labute approximate surface area is 168 Å². The molecule has 1 aromatic carbocycles. The minimum absolute atomic E-state index is 0.0409. The fraction of sp³-hybridized carbons (Fsp3) is 0.368. The lowest BCUT2D eigenvalue weighted by Crippen LogP contribution is -2.45. The van der Waals surface area contributed by atoms with Gasteiger partial charge in [0.2, 0.25) is 0 Å². The van der Waals surface area contributed by atoms with E-state index in [-0.39, 0.29) is 30.9 Å². The maximum atomic E-state index is 12.8. The third-order valence-corrected chi connectivity index (χ3v) is 6.82. The first-order chi connectivity index (χ1) is 12.5. The van der Waals surface area contributed by atoms with Gasteiger partial charge >= 0.3 is 0 Å². The number of ether oxygens (including phenoxy) is 2. The molecule has 0 fully saturated rings. The summed E-state index contributed by atoms with van der Waals surface area (Å²) in [6.07, 6.45) is 0.558. The fourth-order valence-electron chi connectivity index (χ4n) is 3.79. The summed E-state index contributed by atoms with van der Waals surface area (Å²) in [7, 11) is 0. The molecule has 3 aliphatic rings. The number of halogens is 2. The van der Waals surface area contributed by atoms with Gasteiger partial charge in [0.25, 0.3) is 0 Å². The highest BCUT2D eigenvalue weighted by Crippen LogP contribution is 2.44. The van der Waals surface area contributed by atoms with Gasteiger partial charge in [0.15, 0.2) is 11.6 Å². The molecule has 4 rings (SSSR count). The van der Waals surface area contributed by atoms with Gasteiger partial charge in [0.1, 0.15) is 13.2 Å². The molecule has 0 radical (unpaired) electrons. The highest BCUT2D eigenvalue weighted by Gasteiger charge is 2.43. The van der Waals surface area contributed by atoms with Gasteiger partial charge in [-0.2, -0.15) is 0 Å². The topological polar surface area (TPSA) is 64.6 Å². The largest absolute Gasteiger partial charge is 0.367 e. The first-order valence-corrected chi connectivity index (χ1v) is 10.0. The summed E-state index contributed by atoms with van der Waals surface area (Å²) >= 11 is 7.01. The van der Waals surface area contributed by atoms with Crippen LogP contribution in [0, 0.1) is 0 Å². The van der Waals surface area contributed by atoms with Crippen molar-refractivity contribution in [2.45, 2.75) is 25.4 Å². The van der Waals surface area contributed by atoms with Crippen LogP contribution in [0.3, 0.4) is 0 Å². The Kier molecular flexibility index (Phi) is 4.90. The molecule has 5 nitrogen and oxygen atoms in total. The van der Waals surface area contributed by atoms with Crippen molar-refractivity contribution in [1.82, 2.24) is 5.32 Å². The molecular formula is C19H17Br2NO4. The van der Waals surface area contributed by atoms with Crippen molar-refractivity contribution in [2.75, 3.05) is 19.8 Å². The second-order valence-corrected chi connectivity index (χ2v) is 8.21. The molecule has 3 heterocycles. The molecule has 1 aromatic rings. The van der Waals surface area contributed by atoms with Crippen LogP contribution in [-0.2, 0) is 19.1 Å². The Balaban J connectivity index is 1.94. The Morgan fingerprint density at radius 2 is 1.85 bits per heavy atom. The molecule has 26 heavy (non-hydrogen) atoms. The standard InChI is InChI=1S/C19H17Br2NO4/c1-2-15-19-18(14(24)8-26-15)16(9-3-4-10(20)11(21)5-9)17-12(22-19)6-25-7-13(17)23/h3-5,15-16,22H,2,6-8H2,1H3/t15-,16-/m1/s1. The molecule has 7 heteroatoms. The summed E-state index contributed by atoms with van der Waals surface area (Å²) < 4.78 is 12.9. The van der Waals surface area contributed by atoms with E-state index in [0.717, 1.165) is 32.3 Å². The second kappa shape index (κ2) is 7.03. The van der Waals surface area contributed by atoms with Gasteiger partial charge in [-0.3, -0.25) is 9.59 Å². The van der Waals surface area contributed by atoms with Gasteiger partial charge in [-0.05, 0) is 56.0 Å². The highest BCUT2D eigenvalue weighted by atomic mass is 79.9. The van der Waals surface area contributed by atoms with Crippen LogP contribution in [0.1, 0.15) is 24.8 Å². The number of ketones is 2. The molecular weight excluding hydrogens is 466 g/mol. The van der Waals surface area contributed by atoms with Gasteiger partial charge in [-0.15, -0.1) is 0 Å². The summed E-state index contributed by atoms with van der Waals surface area (Å²) in [5.74, 6) is -0.554. The van der Waals surface area contributed by atoms with E-state index < -0.39 is 5.92 Å². The zero-order chi connectivity index (χ0) is 18.4. The summed E-state index contributed by atoms with van der Waals surface area (Å²) in [5.41, 5.74) is 3.69. The molecule has 0 amide bonds. The number of carbonyl (C=O) groups excluding carboxylic acids is 2. The normalized spacial score (nSPS) is 25.8. The summed E-state index contributed by atoms with van der Waals surface area (Å²) in [6, 6.07) is 5.83. The average Bonchev–Trinajstić information content (AvgIpc) is 2.63. The minimum atomic E-state index is -0.396. The van der Waals surface area contributed by atoms with Crippen LogP contribution in [0.2, 0.25) is 0 Å². The third kappa shape index (κ3) is 2.91. The highest BCUT2D eigenvalue weighted by molar-refractivity contribution is 9.13. The predicted octanol–water partition coefficient (Wildman–Crippen LogP) is 3.38. The van der Waals surface area contributed by atoms with Crippen molar-refractivity contribution >= 4 is 43.4 Å². The van der Waals surface area contributed by atoms with Gasteiger partial charge in [-0.25, -0.2) is 0 Å². The van der Waals surface area contributed by atoms with E-state index in [1.807, 2.05) is 25.1 Å². The zero-order valence-corrected chi connectivity index (χ0v) is 17.3. The first kappa shape index (κ1) is 18.1. The quantitative estimate of drug-likeness (QED) is 0.700. The Hall–Kier alpha value is -1.28. The van der Waals surface area contributed by atoms with E-state index in [4.69, 9.17) is 9.47 Å². The number of carbonyl (C=O) groups is 2. The van der Waals surface area contributed by atoms with Gasteiger partial charge in [0, 0.05) is 31.7 Å². The van der Waals surface area contributed by atoms with Gasteiger partial charge in [0.05, 0.1) is 18.4 Å².